The van der Waals surface area contributed by atoms with Crippen molar-refractivity contribution in [2.75, 3.05) is 45.8 Å². The Hall–Kier alpha value is -2.21. The fourth-order valence-electron chi connectivity index (χ4n) is 5.05. The van der Waals surface area contributed by atoms with Crippen LogP contribution in [0.3, 0.4) is 0 Å². The van der Waals surface area contributed by atoms with Gasteiger partial charge in [0.15, 0.2) is 6.54 Å². The van der Waals surface area contributed by atoms with Crippen LogP contribution < -0.4 is 9.80 Å². The van der Waals surface area contributed by atoms with Gasteiger partial charge in [0, 0.05) is 24.2 Å². The van der Waals surface area contributed by atoms with Gasteiger partial charge in [0.2, 0.25) is 0 Å². The number of quaternary nitrogens is 2. The summed E-state index contributed by atoms with van der Waals surface area (Å²) in [6.07, 6.45) is 0.262. The lowest BCUT2D eigenvalue weighted by molar-refractivity contribution is -1.02. The summed E-state index contributed by atoms with van der Waals surface area (Å²) in [5.74, 6) is 0.276. The molecule has 2 fully saturated rings. The number of hydrogen-bond acceptors (Lipinski definition) is 2. The van der Waals surface area contributed by atoms with Crippen molar-refractivity contribution in [3.05, 3.63) is 71.8 Å². The Balaban J connectivity index is 1.38. The van der Waals surface area contributed by atoms with Gasteiger partial charge in [0.25, 0.3) is 5.91 Å². The predicted molar refractivity (Wildman–Crippen MR) is 118 cm³/mol. The fraction of sp³-hybridized carbons (Fsp3) is 0.480. The summed E-state index contributed by atoms with van der Waals surface area (Å²) in [6, 6.07) is 22.0. The molecule has 0 spiro atoms. The Morgan fingerprint density at radius 2 is 1.40 bits per heavy atom. The van der Waals surface area contributed by atoms with Gasteiger partial charge in [-0.1, -0.05) is 60.7 Å². The molecule has 0 radical (unpaired) electrons. The van der Waals surface area contributed by atoms with Gasteiger partial charge in [0.05, 0.1) is 12.2 Å². The van der Waals surface area contributed by atoms with Crippen molar-refractivity contribution in [1.29, 1.82) is 0 Å². The third kappa shape index (κ3) is 5.09. The number of carbonyl (C=O) groups is 1. The summed E-state index contributed by atoms with van der Waals surface area (Å²) < 4.78 is 5.78. The number of piperazine rings is 1. The maximum absolute atomic E-state index is 12.9. The number of carbonyl (C=O) groups excluding carboxylic acids is 1. The van der Waals surface area contributed by atoms with E-state index in [4.69, 9.17) is 4.74 Å². The second kappa shape index (κ2) is 9.73. The van der Waals surface area contributed by atoms with Crippen LogP contribution in [0.5, 0.6) is 0 Å². The zero-order valence-corrected chi connectivity index (χ0v) is 18.2. The molecule has 0 aromatic heterocycles. The molecule has 2 aromatic carbocycles. The highest BCUT2D eigenvalue weighted by atomic mass is 16.5. The summed E-state index contributed by atoms with van der Waals surface area (Å²) in [6.45, 7) is 10.4. The Bertz CT molecular complexity index is 756. The van der Waals surface area contributed by atoms with Gasteiger partial charge >= 0.3 is 0 Å². The Morgan fingerprint density at radius 1 is 0.900 bits per heavy atom. The van der Waals surface area contributed by atoms with Crippen molar-refractivity contribution >= 4 is 5.91 Å². The highest BCUT2D eigenvalue weighted by Gasteiger charge is 2.34. The summed E-state index contributed by atoms with van der Waals surface area (Å²) in [4.78, 5) is 17.9. The Labute approximate surface area is 180 Å². The first-order chi connectivity index (χ1) is 14.6. The van der Waals surface area contributed by atoms with Crippen LogP contribution in [-0.4, -0.2) is 68.8 Å². The number of nitrogens with zero attached hydrogens (tertiary/aromatic N) is 1. The van der Waals surface area contributed by atoms with E-state index in [1.54, 1.807) is 4.90 Å². The van der Waals surface area contributed by atoms with Gasteiger partial charge in [-0.3, -0.25) is 4.79 Å². The molecule has 0 saturated carbocycles. The molecule has 4 rings (SSSR count). The van der Waals surface area contributed by atoms with Crippen molar-refractivity contribution in [3.63, 3.8) is 0 Å². The average Bonchev–Trinajstić information content (AvgIpc) is 2.76. The number of ether oxygens (including phenoxy) is 1. The van der Waals surface area contributed by atoms with Crippen LogP contribution >= 0.6 is 0 Å². The summed E-state index contributed by atoms with van der Waals surface area (Å²) >= 11 is 0. The summed E-state index contributed by atoms with van der Waals surface area (Å²) in [5, 5.41) is 0. The van der Waals surface area contributed by atoms with E-state index < -0.39 is 0 Å². The van der Waals surface area contributed by atoms with Gasteiger partial charge in [-0.05, 0) is 13.8 Å². The fourth-order valence-corrected chi connectivity index (χ4v) is 5.05. The topological polar surface area (TPSA) is 38.4 Å². The van der Waals surface area contributed by atoms with Crippen LogP contribution in [-0.2, 0) is 9.53 Å². The van der Waals surface area contributed by atoms with E-state index in [-0.39, 0.29) is 18.1 Å². The lowest BCUT2D eigenvalue weighted by Gasteiger charge is -2.37. The second-order valence-corrected chi connectivity index (χ2v) is 8.90. The monoisotopic (exact) mass is 409 g/mol. The quantitative estimate of drug-likeness (QED) is 0.740. The minimum absolute atomic E-state index is 0.131. The molecule has 0 bridgehead atoms. The molecule has 2 atom stereocenters. The standard InChI is InChI=1S/C25H33N3O2/c1-20-17-28(18-21(2)30-20)24(29)19-26-13-15-27(16-14-26)25(22-9-5-3-6-10-22)23-11-7-4-8-12-23/h3-12,20-21,25H,13-19H2,1-2H3/p+2/t20-,21-/m0/s1. The zero-order chi connectivity index (χ0) is 20.9. The molecule has 5 nitrogen and oxygen atoms in total. The first-order valence-corrected chi connectivity index (χ1v) is 11.3. The third-order valence-electron chi connectivity index (χ3n) is 6.45. The second-order valence-electron chi connectivity index (χ2n) is 8.90. The average molecular weight is 410 g/mol. The molecule has 1 amide bonds. The van der Waals surface area contributed by atoms with E-state index in [2.05, 4.69) is 74.5 Å². The zero-order valence-electron chi connectivity index (χ0n) is 18.2. The molecule has 5 heteroatoms. The van der Waals surface area contributed by atoms with Crippen LogP contribution in [0.15, 0.2) is 60.7 Å². The number of nitrogens with one attached hydrogen (secondary N) is 2. The highest BCUT2D eigenvalue weighted by Crippen LogP contribution is 2.18. The molecule has 0 aliphatic carbocycles. The smallest absolute Gasteiger partial charge is 0.277 e. The number of rotatable bonds is 5. The largest absolute Gasteiger partial charge is 0.372 e. The minimum Gasteiger partial charge on any atom is -0.372 e. The van der Waals surface area contributed by atoms with Crippen LogP contribution in [0.25, 0.3) is 0 Å². The van der Waals surface area contributed by atoms with E-state index in [0.29, 0.717) is 12.6 Å². The first kappa shape index (κ1) is 21.0. The maximum Gasteiger partial charge on any atom is 0.277 e. The molecule has 2 aliphatic heterocycles. The van der Waals surface area contributed by atoms with Gasteiger partial charge in [-0.25, -0.2) is 0 Å². The van der Waals surface area contributed by atoms with Crippen molar-refractivity contribution < 1.29 is 19.3 Å². The van der Waals surface area contributed by atoms with Gasteiger partial charge in [-0.15, -0.1) is 0 Å². The molecular formula is C25H35N3O2+2. The lowest BCUT2D eigenvalue weighted by atomic mass is 9.96. The summed E-state index contributed by atoms with van der Waals surface area (Å²) in [7, 11) is 0. The van der Waals surface area contributed by atoms with Crippen LogP contribution in [0.4, 0.5) is 0 Å². The van der Waals surface area contributed by atoms with E-state index in [1.807, 2.05) is 4.90 Å². The maximum atomic E-state index is 12.9. The SMILES string of the molecule is C[C@H]1CN(C(=O)C[NH+]2CC[NH+](C(c3ccccc3)c3ccccc3)CC2)C[C@H](C)O1. The minimum atomic E-state index is 0.131. The molecule has 2 N–H and O–H groups in total. The van der Waals surface area contributed by atoms with Crippen molar-refractivity contribution in [3.8, 4) is 0 Å². The van der Waals surface area contributed by atoms with Gasteiger partial charge in [0.1, 0.15) is 32.2 Å². The number of hydrogen-bond donors (Lipinski definition) is 2. The number of morpholine rings is 1. The van der Waals surface area contributed by atoms with Crippen molar-refractivity contribution in [1.82, 2.24) is 4.90 Å². The molecule has 2 saturated heterocycles. The van der Waals surface area contributed by atoms with Gasteiger partial charge in [-0.2, -0.15) is 0 Å². The molecule has 0 unspecified atom stereocenters. The van der Waals surface area contributed by atoms with E-state index in [0.717, 1.165) is 39.3 Å². The van der Waals surface area contributed by atoms with Crippen LogP contribution in [0.1, 0.15) is 31.0 Å². The number of benzene rings is 2. The van der Waals surface area contributed by atoms with Gasteiger partial charge < -0.3 is 19.4 Å². The highest BCUT2D eigenvalue weighted by molar-refractivity contribution is 5.77. The molecule has 160 valence electrons. The number of amides is 1. The van der Waals surface area contributed by atoms with E-state index >= 15 is 0 Å². The van der Waals surface area contributed by atoms with Crippen molar-refractivity contribution in [2.24, 2.45) is 0 Å². The van der Waals surface area contributed by atoms with E-state index in [9.17, 15) is 4.79 Å². The lowest BCUT2D eigenvalue weighted by Crippen LogP contribution is -3.28. The Morgan fingerprint density at radius 3 is 1.90 bits per heavy atom. The van der Waals surface area contributed by atoms with Crippen LogP contribution in [0.2, 0.25) is 0 Å². The molecule has 30 heavy (non-hydrogen) atoms. The van der Waals surface area contributed by atoms with Crippen molar-refractivity contribution in [2.45, 2.75) is 32.1 Å². The van der Waals surface area contributed by atoms with Crippen LogP contribution in [0, 0.1) is 0 Å². The van der Waals surface area contributed by atoms with E-state index in [1.165, 1.54) is 16.0 Å². The first-order valence-electron chi connectivity index (χ1n) is 11.3. The molecule has 2 aromatic rings. The molecule has 2 heterocycles. The Kier molecular flexibility index (Phi) is 6.82. The normalized spacial score (nSPS) is 27.2. The third-order valence-corrected chi connectivity index (χ3v) is 6.45. The molecule has 2 aliphatic rings. The molecular weight excluding hydrogens is 374 g/mol. The summed E-state index contributed by atoms with van der Waals surface area (Å²) in [5.41, 5.74) is 2.74. The predicted octanol–water partition coefficient (Wildman–Crippen LogP) is 0.195.